The average Bonchev–Trinajstić information content (AvgIpc) is 1.97. The Hall–Kier alpha value is 0.0200. The number of hydrogen-bond acceptors (Lipinski definition) is 1. The van der Waals surface area contributed by atoms with Gasteiger partial charge < -0.3 is 5.11 Å². The van der Waals surface area contributed by atoms with Crippen molar-refractivity contribution in [2.75, 3.05) is 0 Å². The standard InChI is InChI=1S/C12H18O.Na/c1-8-6-10(12(3,4)5)7-9(2)11(8)13;/h6-7,13H,1-5H3;/q;+1/p-1. The fourth-order valence-electron chi connectivity index (χ4n) is 1.38. The molecule has 0 heterocycles. The van der Waals surface area contributed by atoms with E-state index in [-0.39, 0.29) is 40.7 Å². The van der Waals surface area contributed by atoms with Crippen molar-refractivity contribution in [1.29, 1.82) is 0 Å². The first-order chi connectivity index (χ1) is 5.82. The maximum Gasteiger partial charge on any atom is 1.00 e. The van der Waals surface area contributed by atoms with Crippen molar-refractivity contribution >= 4 is 0 Å². The van der Waals surface area contributed by atoms with Crippen LogP contribution in [0, 0.1) is 13.8 Å². The van der Waals surface area contributed by atoms with Crippen LogP contribution in [0.2, 0.25) is 0 Å². The molecule has 0 fully saturated rings. The summed E-state index contributed by atoms with van der Waals surface area (Å²) in [6, 6.07) is 3.99. The summed E-state index contributed by atoms with van der Waals surface area (Å²) in [5.41, 5.74) is 3.07. The van der Waals surface area contributed by atoms with Gasteiger partial charge in [-0.15, -0.1) is 5.75 Å². The molecule has 0 saturated heterocycles. The minimum Gasteiger partial charge on any atom is -0.872 e. The van der Waals surface area contributed by atoms with Gasteiger partial charge in [-0.1, -0.05) is 44.0 Å². The fraction of sp³-hybridized carbons (Fsp3) is 0.500. The molecule has 0 aromatic heterocycles. The largest absolute Gasteiger partial charge is 1.00 e. The second-order valence-electron chi connectivity index (χ2n) is 4.69. The van der Waals surface area contributed by atoms with Crippen molar-refractivity contribution in [3.8, 4) is 5.75 Å². The molecule has 0 bridgehead atoms. The summed E-state index contributed by atoms with van der Waals surface area (Å²) in [6.45, 7) is 10.2. The summed E-state index contributed by atoms with van der Waals surface area (Å²) in [4.78, 5) is 0. The van der Waals surface area contributed by atoms with Crippen molar-refractivity contribution in [2.24, 2.45) is 0 Å². The molecule has 1 nitrogen and oxygen atoms in total. The van der Waals surface area contributed by atoms with Crippen molar-refractivity contribution in [2.45, 2.75) is 40.0 Å². The van der Waals surface area contributed by atoms with Gasteiger partial charge in [-0.25, -0.2) is 0 Å². The Bertz CT molecular complexity index is 301. The molecule has 72 valence electrons. The van der Waals surface area contributed by atoms with Gasteiger partial charge in [0, 0.05) is 0 Å². The van der Waals surface area contributed by atoms with Crippen LogP contribution in [0.5, 0.6) is 5.75 Å². The summed E-state index contributed by atoms with van der Waals surface area (Å²) < 4.78 is 0. The topological polar surface area (TPSA) is 23.1 Å². The first-order valence-corrected chi connectivity index (χ1v) is 4.61. The van der Waals surface area contributed by atoms with Gasteiger partial charge in [0.1, 0.15) is 0 Å². The Labute approximate surface area is 109 Å². The van der Waals surface area contributed by atoms with Gasteiger partial charge in [0.2, 0.25) is 0 Å². The van der Waals surface area contributed by atoms with Gasteiger partial charge >= 0.3 is 29.6 Å². The van der Waals surface area contributed by atoms with Gasteiger partial charge in [-0.3, -0.25) is 0 Å². The molecule has 14 heavy (non-hydrogen) atoms. The molecule has 0 amide bonds. The third kappa shape index (κ3) is 3.01. The SMILES string of the molecule is Cc1cc(C(C)(C)C)cc(C)c1[O-].[Na+]. The molecule has 1 rings (SSSR count). The summed E-state index contributed by atoms with van der Waals surface area (Å²) in [5, 5.41) is 11.4. The van der Waals surface area contributed by atoms with Gasteiger partial charge in [0.25, 0.3) is 0 Å². The Morgan fingerprint density at radius 2 is 1.36 bits per heavy atom. The summed E-state index contributed by atoms with van der Waals surface area (Å²) >= 11 is 0. The molecule has 0 aliphatic rings. The Morgan fingerprint density at radius 3 is 1.64 bits per heavy atom. The molecule has 0 aliphatic carbocycles. The predicted molar refractivity (Wildman–Crippen MR) is 54.1 cm³/mol. The van der Waals surface area contributed by atoms with E-state index in [4.69, 9.17) is 0 Å². The monoisotopic (exact) mass is 200 g/mol. The van der Waals surface area contributed by atoms with Crippen LogP contribution in [0.1, 0.15) is 37.5 Å². The number of benzene rings is 1. The van der Waals surface area contributed by atoms with Crippen LogP contribution in [0.15, 0.2) is 12.1 Å². The smallest absolute Gasteiger partial charge is 0.872 e. The average molecular weight is 200 g/mol. The normalized spacial score (nSPS) is 10.9. The van der Waals surface area contributed by atoms with E-state index in [9.17, 15) is 5.11 Å². The van der Waals surface area contributed by atoms with E-state index < -0.39 is 0 Å². The number of rotatable bonds is 0. The predicted octanol–water partition coefficient (Wildman–Crippen LogP) is -0.321. The van der Waals surface area contributed by atoms with Gasteiger partial charge in [0.05, 0.1) is 0 Å². The molecule has 0 radical (unpaired) electrons. The third-order valence-electron chi connectivity index (χ3n) is 2.33. The van der Waals surface area contributed by atoms with Crippen molar-refractivity contribution in [1.82, 2.24) is 0 Å². The Balaban J connectivity index is 0.00000169. The number of aryl methyl sites for hydroxylation is 2. The summed E-state index contributed by atoms with van der Waals surface area (Å²) in [5.74, 6) is 0.174. The molecule has 1 aromatic carbocycles. The molecule has 0 aliphatic heterocycles. The molecule has 0 N–H and O–H groups in total. The maximum atomic E-state index is 11.4. The summed E-state index contributed by atoms with van der Waals surface area (Å²) in [7, 11) is 0. The molecular formula is C12H17NaO. The number of hydrogen-bond donors (Lipinski definition) is 0. The Morgan fingerprint density at radius 1 is 1.00 bits per heavy atom. The van der Waals surface area contributed by atoms with Gasteiger partial charge in [-0.2, -0.15) is 0 Å². The van der Waals surface area contributed by atoms with E-state index in [2.05, 4.69) is 20.8 Å². The molecule has 0 atom stereocenters. The van der Waals surface area contributed by atoms with E-state index in [0.29, 0.717) is 0 Å². The van der Waals surface area contributed by atoms with E-state index in [1.807, 2.05) is 26.0 Å². The van der Waals surface area contributed by atoms with Crippen LogP contribution < -0.4 is 34.7 Å². The van der Waals surface area contributed by atoms with Crippen LogP contribution in [-0.4, -0.2) is 0 Å². The third-order valence-corrected chi connectivity index (χ3v) is 2.33. The van der Waals surface area contributed by atoms with E-state index >= 15 is 0 Å². The zero-order valence-corrected chi connectivity index (χ0v) is 12.1. The van der Waals surface area contributed by atoms with Crippen LogP contribution in [-0.2, 0) is 5.41 Å². The molecule has 2 heteroatoms. The van der Waals surface area contributed by atoms with E-state index in [0.717, 1.165) is 11.1 Å². The van der Waals surface area contributed by atoms with E-state index in [1.54, 1.807) is 0 Å². The molecule has 0 unspecified atom stereocenters. The second kappa shape index (κ2) is 4.69. The van der Waals surface area contributed by atoms with Crippen molar-refractivity contribution in [3.63, 3.8) is 0 Å². The zero-order valence-electron chi connectivity index (χ0n) is 10.1. The minimum atomic E-state index is 0. The maximum absolute atomic E-state index is 11.4. The van der Waals surface area contributed by atoms with Crippen LogP contribution in [0.4, 0.5) is 0 Å². The van der Waals surface area contributed by atoms with Crippen molar-refractivity contribution in [3.05, 3.63) is 28.8 Å². The quantitative estimate of drug-likeness (QED) is 0.526. The zero-order chi connectivity index (χ0) is 10.2. The Kier molecular flexibility index (Phi) is 4.70. The second-order valence-corrected chi connectivity index (χ2v) is 4.69. The van der Waals surface area contributed by atoms with Gasteiger partial charge in [-0.05, 0) is 24.8 Å². The fourth-order valence-corrected chi connectivity index (χ4v) is 1.38. The molecule has 1 aromatic rings. The minimum absolute atomic E-state index is 0. The first kappa shape index (κ1) is 14.0. The summed E-state index contributed by atoms with van der Waals surface area (Å²) in [6.07, 6.45) is 0. The van der Waals surface area contributed by atoms with Crippen LogP contribution >= 0.6 is 0 Å². The van der Waals surface area contributed by atoms with Crippen molar-refractivity contribution < 1.29 is 34.7 Å². The van der Waals surface area contributed by atoms with Crippen LogP contribution in [0.3, 0.4) is 0 Å². The molecule has 0 spiro atoms. The van der Waals surface area contributed by atoms with Crippen LogP contribution in [0.25, 0.3) is 0 Å². The first-order valence-electron chi connectivity index (χ1n) is 4.61. The molecular weight excluding hydrogens is 183 g/mol. The van der Waals surface area contributed by atoms with Gasteiger partial charge in [0.15, 0.2) is 0 Å². The van der Waals surface area contributed by atoms with E-state index in [1.165, 1.54) is 5.56 Å². The molecule has 0 saturated carbocycles.